The lowest BCUT2D eigenvalue weighted by Crippen LogP contribution is -2.25. The van der Waals surface area contributed by atoms with E-state index in [1.807, 2.05) is 0 Å². The van der Waals surface area contributed by atoms with Crippen LogP contribution in [0.2, 0.25) is 0 Å². The van der Waals surface area contributed by atoms with Crippen molar-refractivity contribution in [3.05, 3.63) is 41.3 Å². The molecule has 0 saturated heterocycles. The summed E-state index contributed by atoms with van der Waals surface area (Å²) in [6, 6.07) is 5.04. The molecule has 0 radical (unpaired) electrons. The zero-order valence-electron chi connectivity index (χ0n) is 15.2. The van der Waals surface area contributed by atoms with Gasteiger partial charge in [0.15, 0.2) is 11.5 Å². The van der Waals surface area contributed by atoms with Crippen molar-refractivity contribution in [2.75, 3.05) is 33.2 Å². The number of ether oxygens (including phenoxy) is 3. The van der Waals surface area contributed by atoms with Gasteiger partial charge in [0.05, 0.1) is 33.2 Å². The highest BCUT2D eigenvalue weighted by Gasteiger charge is 2.17. The average molecular weight is 362 g/mol. The van der Waals surface area contributed by atoms with Crippen LogP contribution in [0.15, 0.2) is 28.9 Å². The Kier molecular flexibility index (Phi) is 6.48. The minimum absolute atomic E-state index is 0.300. The number of hydrogen-bond acceptors (Lipinski definition) is 6. The molecule has 8 heteroatoms. The number of amides is 2. The predicted octanol–water partition coefficient (Wildman–Crippen LogP) is 2.76. The first kappa shape index (κ1) is 19.2. The SMILES string of the molecule is COC(=O)NCCc1cc(OC)c(OC)cc1NC(=O)c1ccoc1C. The number of carbonyl (C=O) groups excluding carboxylic acids is 2. The minimum Gasteiger partial charge on any atom is -0.493 e. The molecule has 0 bridgehead atoms. The van der Waals surface area contributed by atoms with E-state index in [1.165, 1.54) is 27.6 Å². The van der Waals surface area contributed by atoms with E-state index in [1.54, 1.807) is 25.1 Å². The van der Waals surface area contributed by atoms with Crippen LogP contribution in [0.5, 0.6) is 11.5 Å². The van der Waals surface area contributed by atoms with Gasteiger partial charge in [-0.05, 0) is 31.0 Å². The highest BCUT2D eigenvalue weighted by Crippen LogP contribution is 2.34. The lowest BCUT2D eigenvalue weighted by atomic mass is 10.1. The van der Waals surface area contributed by atoms with Gasteiger partial charge in [0, 0.05) is 18.3 Å². The Hall–Kier alpha value is -3.16. The molecule has 0 saturated carbocycles. The number of anilines is 1. The monoisotopic (exact) mass is 362 g/mol. The molecule has 2 rings (SSSR count). The van der Waals surface area contributed by atoms with Crippen molar-refractivity contribution in [1.82, 2.24) is 5.32 Å². The van der Waals surface area contributed by atoms with Gasteiger partial charge in [0.1, 0.15) is 5.76 Å². The van der Waals surface area contributed by atoms with E-state index in [9.17, 15) is 9.59 Å². The van der Waals surface area contributed by atoms with Gasteiger partial charge in [-0.2, -0.15) is 0 Å². The third-order valence-corrected chi connectivity index (χ3v) is 3.81. The lowest BCUT2D eigenvalue weighted by Gasteiger charge is -2.16. The summed E-state index contributed by atoms with van der Waals surface area (Å²) >= 11 is 0. The van der Waals surface area contributed by atoms with Gasteiger partial charge in [-0.15, -0.1) is 0 Å². The van der Waals surface area contributed by atoms with Crippen LogP contribution in [0.25, 0.3) is 0 Å². The first-order valence-corrected chi connectivity index (χ1v) is 7.92. The van der Waals surface area contributed by atoms with E-state index in [2.05, 4.69) is 15.4 Å². The number of benzene rings is 1. The summed E-state index contributed by atoms with van der Waals surface area (Å²) in [6.45, 7) is 2.04. The largest absolute Gasteiger partial charge is 0.493 e. The maximum atomic E-state index is 12.5. The van der Waals surface area contributed by atoms with Crippen LogP contribution in [0.4, 0.5) is 10.5 Å². The predicted molar refractivity (Wildman–Crippen MR) is 95.1 cm³/mol. The molecule has 1 aromatic heterocycles. The van der Waals surface area contributed by atoms with Crippen molar-refractivity contribution >= 4 is 17.7 Å². The van der Waals surface area contributed by atoms with Gasteiger partial charge < -0.3 is 29.3 Å². The van der Waals surface area contributed by atoms with Crippen LogP contribution in [-0.2, 0) is 11.2 Å². The molecule has 140 valence electrons. The second-order valence-electron chi connectivity index (χ2n) is 5.38. The summed E-state index contributed by atoms with van der Waals surface area (Å²) in [7, 11) is 4.34. The van der Waals surface area contributed by atoms with E-state index < -0.39 is 6.09 Å². The molecule has 0 atom stereocenters. The number of alkyl carbamates (subject to hydrolysis) is 1. The third kappa shape index (κ3) is 4.47. The van der Waals surface area contributed by atoms with E-state index in [0.29, 0.717) is 41.5 Å². The molecule has 26 heavy (non-hydrogen) atoms. The van der Waals surface area contributed by atoms with Crippen molar-refractivity contribution in [1.29, 1.82) is 0 Å². The molecule has 0 aliphatic heterocycles. The molecule has 1 aromatic carbocycles. The highest BCUT2D eigenvalue weighted by atomic mass is 16.5. The maximum Gasteiger partial charge on any atom is 0.406 e. The zero-order chi connectivity index (χ0) is 19.1. The first-order chi connectivity index (χ1) is 12.5. The number of aryl methyl sites for hydroxylation is 1. The van der Waals surface area contributed by atoms with Gasteiger partial charge in [0.25, 0.3) is 5.91 Å². The molecule has 2 aromatic rings. The van der Waals surface area contributed by atoms with Gasteiger partial charge >= 0.3 is 6.09 Å². The van der Waals surface area contributed by atoms with Crippen molar-refractivity contribution in [2.45, 2.75) is 13.3 Å². The quantitative estimate of drug-likeness (QED) is 0.786. The van der Waals surface area contributed by atoms with E-state index in [4.69, 9.17) is 13.9 Å². The fraction of sp³-hybridized carbons (Fsp3) is 0.333. The van der Waals surface area contributed by atoms with E-state index in [-0.39, 0.29) is 5.91 Å². The van der Waals surface area contributed by atoms with E-state index in [0.717, 1.165) is 5.56 Å². The number of methoxy groups -OCH3 is 3. The molecule has 8 nitrogen and oxygen atoms in total. The number of rotatable bonds is 7. The molecular formula is C18H22N2O6. The molecule has 2 amide bonds. The van der Waals surface area contributed by atoms with Crippen molar-refractivity contribution in [2.24, 2.45) is 0 Å². The van der Waals surface area contributed by atoms with Crippen molar-refractivity contribution in [3.8, 4) is 11.5 Å². The molecular weight excluding hydrogens is 340 g/mol. The summed E-state index contributed by atoms with van der Waals surface area (Å²) in [5.41, 5.74) is 1.77. The van der Waals surface area contributed by atoms with Crippen molar-refractivity contribution < 1.29 is 28.2 Å². The topological polar surface area (TPSA) is 99.0 Å². The molecule has 0 aliphatic rings. The Morgan fingerprint density at radius 1 is 1.12 bits per heavy atom. The standard InChI is InChI=1S/C18H22N2O6/c1-11-13(6-8-26-11)17(21)20-14-10-16(24-3)15(23-2)9-12(14)5-7-19-18(22)25-4/h6,8-10H,5,7H2,1-4H3,(H,19,22)(H,20,21). The second kappa shape index (κ2) is 8.80. The van der Waals surface area contributed by atoms with Gasteiger partial charge in [-0.1, -0.05) is 0 Å². The molecule has 0 spiro atoms. The normalized spacial score (nSPS) is 10.2. The van der Waals surface area contributed by atoms with Gasteiger partial charge in [-0.3, -0.25) is 4.79 Å². The average Bonchev–Trinajstić information content (AvgIpc) is 3.08. The Morgan fingerprint density at radius 2 is 1.81 bits per heavy atom. The Labute approximate surface area is 151 Å². The van der Waals surface area contributed by atoms with Crippen LogP contribution >= 0.6 is 0 Å². The number of furan rings is 1. The van der Waals surface area contributed by atoms with Gasteiger partial charge in [-0.25, -0.2) is 4.79 Å². The Balaban J connectivity index is 2.27. The molecule has 0 fully saturated rings. The third-order valence-electron chi connectivity index (χ3n) is 3.81. The minimum atomic E-state index is -0.523. The smallest absolute Gasteiger partial charge is 0.406 e. The lowest BCUT2D eigenvalue weighted by molar-refractivity contribution is 0.102. The van der Waals surface area contributed by atoms with Crippen LogP contribution in [0.1, 0.15) is 21.7 Å². The summed E-state index contributed by atoms with van der Waals surface area (Å²) in [4.78, 5) is 23.7. The fourth-order valence-corrected chi connectivity index (χ4v) is 2.43. The van der Waals surface area contributed by atoms with Crippen LogP contribution in [-0.4, -0.2) is 39.9 Å². The van der Waals surface area contributed by atoms with Crippen LogP contribution in [0, 0.1) is 6.92 Å². The second-order valence-corrected chi connectivity index (χ2v) is 5.38. The Bertz CT molecular complexity index is 784. The van der Waals surface area contributed by atoms with E-state index >= 15 is 0 Å². The summed E-state index contributed by atoms with van der Waals surface area (Å²) in [5, 5.41) is 5.46. The number of nitrogens with one attached hydrogen (secondary N) is 2. The fourth-order valence-electron chi connectivity index (χ4n) is 2.43. The van der Waals surface area contributed by atoms with Gasteiger partial charge in [0.2, 0.25) is 0 Å². The molecule has 0 aliphatic carbocycles. The summed E-state index contributed by atoms with van der Waals surface area (Å²) in [5.74, 6) is 1.23. The molecule has 1 heterocycles. The summed E-state index contributed by atoms with van der Waals surface area (Å²) in [6.07, 6.45) is 1.39. The van der Waals surface area contributed by atoms with Crippen molar-refractivity contribution in [3.63, 3.8) is 0 Å². The zero-order valence-corrected chi connectivity index (χ0v) is 15.2. The molecule has 2 N–H and O–H groups in total. The summed E-state index contributed by atoms with van der Waals surface area (Å²) < 4.78 is 20.3. The number of carbonyl (C=O) groups is 2. The van der Waals surface area contributed by atoms with Crippen LogP contribution in [0.3, 0.4) is 0 Å². The maximum absolute atomic E-state index is 12.5. The first-order valence-electron chi connectivity index (χ1n) is 7.92. The molecule has 0 unspecified atom stereocenters. The Morgan fingerprint density at radius 3 is 2.38 bits per heavy atom. The van der Waals surface area contributed by atoms with Crippen LogP contribution < -0.4 is 20.1 Å². The highest BCUT2D eigenvalue weighted by molar-refractivity contribution is 6.05. The number of hydrogen-bond donors (Lipinski definition) is 2.